The second-order valence-electron chi connectivity index (χ2n) is 7.26. The molecule has 0 bridgehead atoms. The monoisotopic (exact) mass is 354 g/mol. The van der Waals surface area contributed by atoms with Crippen LogP contribution in [-0.4, -0.2) is 40.8 Å². The van der Waals surface area contributed by atoms with Gasteiger partial charge in [-0.1, -0.05) is 18.2 Å². The van der Waals surface area contributed by atoms with Gasteiger partial charge in [0, 0.05) is 43.9 Å². The number of methoxy groups -OCH3 is 1. The first-order valence-corrected chi connectivity index (χ1v) is 9.39. The molecule has 1 fully saturated rings. The van der Waals surface area contributed by atoms with Gasteiger partial charge >= 0.3 is 0 Å². The number of hydrogen-bond acceptors (Lipinski definition) is 4. The molecule has 2 heterocycles. The summed E-state index contributed by atoms with van der Waals surface area (Å²) in [4.78, 5) is 14.3. The van der Waals surface area contributed by atoms with Gasteiger partial charge in [-0.3, -0.25) is 14.4 Å². The molecule has 1 aromatic heterocycles. The number of carbonyl (C=O) groups excluding carboxylic acids is 1. The lowest BCUT2D eigenvalue weighted by Gasteiger charge is -2.34. The highest BCUT2D eigenvalue weighted by Gasteiger charge is 2.30. The molecule has 1 N–H and O–H groups in total. The van der Waals surface area contributed by atoms with Gasteiger partial charge in [0.25, 0.3) is 0 Å². The first kappa shape index (κ1) is 17.1. The third-order valence-corrected chi connectivity index (χ3v) is 5.26. The van der Waals surface area contributed by atoms with E-state index in [1.165, 1.54) is 11.3 Å². The van der Waals surface area contributed by atoms with E-state index in [1.807, 2.05) is 18.3 Å². The molecule has 1 atom stereocenters. The number of hydrogen-bond donors (Lipinski definition) is 1. The maximum atomic E-state index is 11.9. The molecular weight excluding hydrogens is 328 g/mol. The molecule has 0 spiro atoms. The van der Waals surface area contributed by atoms with Gasteiger partial charge in [0.1, 0.15) is 5.75 Å². The number of carbonyl (C=O) groups is 1. The topological polar surface area (TPSA) is 59.4 Å². The Bertz CT molecular complexity index is 769. The Kier molecular flexibility index (Phi) is 4.93. The van der Waals surface area contributed by atoms with Crippen LogP contribution in [0, 0.1) is 5.92 Å². The van der Waals surface area contributed by atoms with Crippen molar-refractivity contribution in [2.24, 2.45) is 5.92 Å². The predicted octanol–water partition coefficient (Wildman–Crippen LogP) is 2.36. The number of nitrogens with one attached hydrogen (secondary N) is 1. The van der Waals surface area contributed by atoms with Gasteiger partial charge < -0.3 is 10.1 Å². The number of fused-ring (bicyclic) bond motifs is 1. The molecule has 138 valence electrons. The van der Waals surface area contributed by atoms with Gasteiger partial charge in [0.05, 0.1) is 18.8 Å². The fourth-order valence-corrected chi connectivity index (χ4v) is 3.73. The van der Waals surface area contributed by atoms with Crippen molar-refractivity contribution < 1.29 is 9.53 Å². The second kappa shape index (κ2) is 7.50. The van der Waals surface area contributed by atoms with Crippen LogP contribution in [0.5, 0.6) is 5.75 Å². The van der Waals surface area contributed by atoms with Crippen LogP contribution in [0.4, 0.5) is 0 Å². The summed E-state index contributed by atoms with van der Waals surface area (Å²) >= 11 is 0. The Morgan fingerprint density at radius 1 is 1.31 bits per heavy atom. The normalized spacial score (nSPS) is 19.8. The van der Waals surface area contributed by atoms with Gasteiger partial charge in [-0.25, -0.2) is 0 Å². The predicted molar refractivity (Wildman–Crippen MR) is 98.7 cm³/mol. The molecule has 0 saturated heterocycles. The lowest BCUT2D eigenvalue weighted by molar-refractivity contribution is -0.122. The summed E-state index contributed by atoms with van der Waals surface area (Å²) in [6, 6.07) is 10.5. The van der Waals surface area contributed by atoms with E-state index in [1.54, 1.807) is 7.11 Å². The second-order valence-corrected chi connectivity index (χ2v) is 7.26. The van der Waals surface area contributed by atoms with E-state index >= 15 is 0 Å². The third kappa shape index (κ3) is 3.75. The largest absolute Gasteiger partial charge is 0.496 e. The zero-order chi connectivity index (χ0) is 17.9. The average Bonchev–Trinajstić information content (AvgIpc) is 3.40. The molecule has 4 rings (SSSR count). The fourth-order valence-electron chi connectivity index (χ4n) is 3.73. The van der Waals surface area contributed by atoms with Crippen LogP contribution >= 0.6 is 0 Å². The first-order valence-electron chi connectivity index (χ1n) is 9.39. The van der Waals surface area contributed by atoms with Crippen molar-refractivity contribution in [1.82, 2.24) is 20.0 Å². The maximum absolute atomic E-state index is 11.9. The quantitative estimate of drug-likeness (QED) is 0.829. The lowest BCUT2D eigenvalue weighted by atomic mass is 10.1. The van der Waals surface area contributed by atoms with Crippen LogP contribution in [-0.2, 0) is 17.9 Å². The summed E-state index contributed by atoms with van der Waals surface area (Å²) < 4.78 is 7.62. The minimum Gasteiger partial charge on any atom is -0.496 e. The van der Waals surface area contributed by atoms with Crippen molar-refractivity contribution >= 4 is 5.91 Å². The van der Waals surface area contributed by atoms with Gasteiger partial charge in [-0.2, -0.15) is 5.10 Å². The van der Waals surface area contributed by atoms with Crippen molar-refractivity contribution in [3.63, 3.8) is 0 Å². The van der Waals surface area contributed by atoms with E-state index in [2.05, 4.69) is 38.2 Å². The standard InChI is InChI=1S/C20H26N4O2/c1-26-19-5-3-2-4-16(19)12-23-13-17(24-18(14-23)9-11-22-24)8-10-21-20(25)15-6-7-15/h2-5,9,11,15,17H,6-8,10,12-14H2,1H3,(H,21,25)/t17-/m0/s1. The summed E-state index contributed by atoms with van der Waals surface area (Å²) in [5.41, 5.74) is 2.42. The molecule has 0 unspecified atom stereocenters. The smallest absolute Gasteiger partial charge is 0.223 e. The zero-order valence-corrected chi connectivity index (χ0v) is 15.2. The average molecular weight is 354 g/mol. The first-order chi connectivity index (χ1) is 12.7. The van der Waals surface area contributed by atoms with Crippen LogP contribution < -0.4 is 10.1 Å². The number of nitrogens with zero attached hydrogens (tertiary/aromatic N) is 3. The van der Waals surface area contributed by atoms with E-state index in [9.17, 15) is 4.79 Å². The van der Waals surface area contributed by atoms with Gasteiger partial charge in [0.15, 0.2) is 0 Å². The third-order valence-electron chi connectivity index (χ3n) is 5.26. The molecule has 1 aromatic carbocycles. The number of aromatic nitrogens is 2. The molecule has 6 heteroatoms. The summed E-state index contributed by atoms with van der Waals surface area (Å²) in [7, 11) is 1.72. The highest BCUT2D eigenvalue weighted by Crippen LogP contribution is 2.29. The molecule has 26 heavy (non-hydrogen) atoms. The number of para-hydroxylation sites is 1. The van der Waals surface area contributed by atoms with Crippen molar-refractivity contribution in [1.29, 1.82) is 0 Å². The highest BCUT2D eigenvalue weighted by atomic mass is 16.5. The van der Waals surface area contributed by atoms with Crippen LogP contribution in [0.1, 0.15) is 36.6 Å². The number of amides is 1. The summed E-state index contributed by atoms with van der Waals surface area (Å²) in [6.07, 6.45) is 4.86. The Morgan fingerprint density at radius 3 is 2.96 bits per heavy atom. The zero-order valence-electron chi connectivity index (χ0n) is 15.2. The van der Waals surface area contributed by atoms with E-state index in [0.717, 1.165) is 44.6 Å². The van der Waals surface area contributed by atoms with Crippen molar-refractivity contribution in [3.8, 4) is 5.75 Å². The molecule has 2 aromatic rings. The molecule has 1 aliphatic carbocycles. The van der Waals surface area contributed by atoms with E-state index in [0.29, 0.717) is 6.54 Å². The van der Waals surface area contributed by atoms with Crippen LogP contribution in [0.2, 0.25) is 0 Å². The molecule has 2 aliphatic rings. The summed E-state index contributed by atoms with van der Waals surface area (Å²) in [5, 5.41) is 7.59. The van der Waals surface area contributed by atoms with Gasteiger partial charge in [0.2, 0.25) is 5.91 Å². The lowest BCUT2D eigenvalue weighted by Crippen LogP contribution is -2.39. The SMILES string of the molecule is COc1ccccc1CN1Cc2ccnn2[C@@H](CCNC(=O)C2CC2)C1. The fraction of sp³-hybridized carbons (Fsp3) is 0.500. The van der Waals surface area contributed by atoms with E-state index < -0.39 is 0 Å². The van der Waals surface area contributed by atoms with E-state index in [4.69, 9.17) is 4.74 Å². The van der Waals surface area contributed by atoms with Crippen molar-refractivity contribution in [2.45, 2.75) is 38.4 Å². The molecule has 0 radical (unpaired) electrons. The molecule has 1 aliphatic heterocycles. The Labute approximate surface area is 154 Å². The number of ether oxygens (including phenoxy) is 1. The van der Waals surface area contributed by atoms with Crippen molar-refractivity contribution in [3.05, 3.63) is 47.8 Å². The van der Waals surface area contributed by atoms with Crippen LogP contribution in [0.3, 0.4) is 0 Å². The van der Waals surface area contributed by atoms with E-state index in [-0.39, 0.29) is 17.9 Å². The number of benzene rings is 1. The maximum Gasteiger partial charge on any atom is 0.223 e. The van der Waals surface area contributed by atoms with Gasteiger partial charge in [-0.05, 0) is 31.4 Å². The Balaban J connectivity index is 1.41. The van der Waals surface area contributed by atoms with Crippen LogP contribution in [0.25, 0.3) is 0 Å². The van der Waals surface area contributed by atoms with Crippen LogP contribution in [0.15, 0.2) is 36.5 Å². The molecule has 6 nitrogen and oxygen atoms in total. The van der Waals surface area contributed by atoms with Gasteiger partial charge in [-0.15, -0.1) is 0 Å². The summed E-state index contributed by atoms with van der Waals surface area (Å²) in [5.74, 6) is 1.41. The Hall–Kier alpha value is -2.34. The highest BCUT2D eigenvalue weighted by molar-refractivity contribution is 5.80. The number of rotatable bonds is 7. The molecular formula is C20H26N4O2. The Morgan fingerprint density at radius 2 is 2.15 bits per heavy atom. The minimum absolute atomic E-state index is 0.215. The minimum atomic E-state index is 0.215. The molecule has 1 saturated carbocycles. The van der Waals surface area contributed by atoms with Crippen molar-refractivity contribution in [2.75, 3.05) is 20.2 Å². The summed E-state index contributed by atoms with van der Waals surface area (Å²) in [6.45, 7) is 3.36. The molecule has 1 amide bonds.